The van der Waals surface area contributed by atoms with Crippen LogP contribution in [0, 0.1) is 11.3 Å². The Morgan fingerprint density at radius 2 is 2.00 bits per heavy atom. The molecule has 2 N–H and O–H groups in total. The quantitative estimate of drug-likeness (QED) is 0.322. The Hall–Kier alpha value is -2.65. The van der Waals surface area contributed by atoms with Crippen LogP contribution in [0.4, 0.5) is 0 Å². The molecular formula is C19H18BrN3O2. The van der Waals surface area contributed by atoms with Crippen molar-refractivity contribution in [1.29, 1.82) is 5.26 Å². The van der Waals surface area contributed by atoms with Crippen LogP contribution in [-0.2, 0) is 11.2 Å². The number of hydrogen-bond acceptors (Lipinski definition) is 4. The highest BCUT2D eigenvalue weighted by Gasteiger charge is 2.08. The van der Waals surface area contributed by atoms with Crippen LogP contribution in [0.5, 0.6) is 5.75 Å². The second-order valence-corrected chi connectivity index (χ2v) is 6.25. The molecule has 1 aromatic heterocycles. The van der Waals surface area contributed by atoms with Gasteiger partial charge in [0.2, 0.25) is 0 Å². The van der Waals surface area contributed by atoms with Gasteiger partial charge in [-0.15, -0.1) is 0 Å². The molecule has 2 rings (SSSR count). The fourth-order valence-electron chi connectivity index (χ4n) is 2.21. The van der Waals surface area contributed by atoms with Crippen molar-refractivity contribution < 1.29 is 9.90 Å². The molecule has 5 nitrogen and oxygen atoms in total. The van der Waals surface area contributed by atoms with Crippen molar-refractivity contribution in [2.45, 2.75) is 19.3 Å². The Morgan fingerprint density at radius 1 is 1.24 bits per heavy atom. The van der Waals surface area contributed by atoms with Crippen molar-refractivity contribution in [3.8, 4) is 11.8 Å². The van der Waals surface area contributed by atoms with E-state index in [-0.39, 0.29) is 11.3 Å². The molecule has 0 saturated heterocycles. The number of pyridine rings is 1. The molecule has 0 unspecified atom stereocenters. The highest BCUT2D eigenvalue weighted by Crippen LogP contribution is 2.12. The third-order valence-corrected chi connectivity index (χ3v) is 3.95. The summed E-state index contributed by atoms with van der Waals surface area (Å²) in [6.45, 7) is 0.502. The molecule has 1 heterocycles. The topological polar surface area (TPSA) is 86.0 Å². The molecule has 0 radical (unpaired) electrons. The molecule has 1 aromatic carbocycles. The summed E-state index contributed by atoms with van der Waals surface area (Å²) in [7, 11) is 0. The third-order valence-electron chi connectivity index (χ3n) is 3.51. The summed E-state index contributed by atoms with van der Waals surface area (Å²) in [6.07, 6.45) is 4.06. The molecule has 0 atom stereocenters. The van der Waals surface area contributed by atoms with Gasteiger partial charge in [-0.3, -0.25) is 4.79 Å². The number of carbonyl (C=O) groups is 1. The monoisotopic (exact) mass is 399 g/mol. The smallest absolute Gasteiger partial charge is 0.262 e. The minimum atomic E-state index is -0.395. The number of aromatic nitrogens is 1. The summed E-state index contributed by atoms with van der Waals surface area (Å²) in [4.78, 5) is 16.2. The zero-order chi connectivity index (χ0) is 18.1. The van der Waals surface area contributed by atoms with Gasteiger partial charge in [-0.25, -0.2) is 4.98 Å². The summed E-state index contributed by atoms with van der Waals surface area (Å²) in [5.74, 6) is -0.138. The van der Waals surface area contributed by atoms with Gasteiger partial charge in [0.05, 0.1) is 5.69 Å². The minimum absolute atomic E-state index is 0.0316. The highest BCUT2D eigenvalue weighted by atomic mass is 79.9. The van der Waals surface area contributed by atoms with Crippen LogP contribution in [-0.4, -0.2) is 22.5 Å². The van der Waals surface area contributed by atoms with Crippen molar-refractivity contribution in [2.24, 2.45) is 0 Å². The lowest BCUT2D eigenvalue weighted by molar-refractivity contribution is -0.117. The Morgan fingerprint density at radius 3 is 2.68 bits per heavy atom. The number of aryl methyl sites for hydroxylation is 1. The number of amides is 1. The number of phenolic OH excluding ortho intramolecular Hbond substituents is 1. The maximum atomic E-state index is 12.1. The lowest BCUT2D eigenvalue weighted by Gasteiger charge is -2.05. The van der Waals surface area contributed by atoms with Crippen LogP contribution in [0.15, 0.2) is 52.6 Å². The Bertz CT molecular complexity index is 795. The predicted octanol–water partition coefficient (Wildman–Crippen LogP) is 3.60. The van der Waals surface area contributed by atoms with Crippen LogP contribution >= 0.6 is 15.9 Å². The number of carbonyl (C=O) groups excluding carboxylic acids is 1. The number of nitriles is 1. The zero-order valence-corrected chi connectivity index (χ0v) is 15.2. The number of nitrogens with one attached hydrogen (secondary N) is 1. The van der Waals surface area contributed by atoms with E-state index in [1.807, 2.05) is 18.2 Å². The number of aromatic hydroxyl groups is 1. The Labute approximate surface area is 155 Å². The standard InChI is InChI=1S/C19H18BrN3O2/c20-18-6-3-5-16(23-18)12-15(13-21)19(25)22-11-2-1-4-14-7-9-17(24)10-8-14/h3,5-10,12,24H,1-2,4,11H2,(H,22,25). The molecule has 0 saturated carbocycles. The first kappa shape index (κ1) is 18.7. The van der Waals surface area contributed by atoms with Crippen LogP contribution in [0.25, 0.3) is 6.08 Å². The summed E-state index contributed by atoms with van der Waals surface area (Å²) in [6, 6.07) is 14.3. The fourth-order valence-corrected chi connectivity index (χ4v) is 2.57. The van der Waals surface area contributed by atoms with Gasteiger partial charge in [0, 0.05) is 6.54 Å². The van der Waals surface area contributed by atoms with E-state index in [1.165, 1.54) is 6.08 Å². The third kappa shape index (κ3) is 6.40. The summed E-state index contributed by atoms with van der Waals surface area (Å²) >= 11 is 3.26. The van der Waals surface area contributed by atoms with E-state index in [0.29, 0.717) is 16.8 Å². The van der Waals surface area contributed by atoms with E-state index in [9.17, 15) is 9.90 Å². The summed E-state index contributed by atoms with van der Waals surface area (Å²) < 4.78 is 0.646. The van der Waals surface area contributed by atoms with Crippen molar-refractivity contribution in [2.75, 3.05) is 6.54 Å². The maximum absolute atomic E-state index is 12.1. The van der Waals surface area contributed by atoms with Gasteiger partial charge in [0.25, 0.3) is 5.91 Å². The van der Waals surface area contributed by atoms with Crippen LogP contribution in [0.2, 0.25) is 0 Å². The second kappa shape index (κ2) is 9.60. The van der Waals surface area contributed by atoms with Crippen LogP contribution in [0.3, 0.4) is 0 Å². The number of halogens is 1. The van der Waals surface area contributed by atoms with Gasteiger partial charge in [-0.05, 0) is 71.1 Å². The minimum Gasteiger partial charge on any atom is -0.508 e. The lowest BCUT2D eigenvalue weighted by Crippen LogP contribution is -2.25. The molecule has 0 spiro atoms. The van der Waals surface area contributed by atoms with Gasteiger partial charge < -0.3 is 10.4 Å². The van der Waals surface area contributed by atoms with Crippen molar-refractivity contribution in [3.05, 3.63) is 63.9 Å². The fraction of sp³-hybridized carbons (Fsp3) is 0.211. The molecular weight excluding hydrogens is 382 g/mol. The molecule has 0 fully saturated rings. The normalized spacial score (nSPS) is 11.0. The SMILES string of the molecule is N#CC(=Cc1cccc(Br)n1)C(=O)NCCCCc1ccc(O)cc1. The molecule has 0 aliphatic rings. The lowest BCUT2D eigenvalue weighted by atomic mass is 10.1. The van der Waals surface area contributed by atoms with Gasteiger partial charge in [0.1, 0.15) is 22.0 Å². The molecule has 128 valence electrons. The zero-order valence-electron chi connectivity index (χ0n) is 13.6. The van der Waals surface area contributed by atoms with Gasteiger partial charge in [-0.2, -0.15) is 5.26 Å². The first-order valence-electron chi connectivity index (χ1n) is 7.89. The average molecular weight is 400 g/mol. The number of nitrogens with zero attached hydrogens (tertiary/aromatic N) is 2. The molecule has 0 aliphatic carbocycles. The second-order valence-electron chi connectivity index (χ2n) is 5.43. The Balaban J connectivity index is 1.78. The van der Waals surface area contributed by atoms with Crippen LogP contribution in [0.1, 0.15) is 24.1 Å². The van der Waals surface area contributed by atoms with Gasteiger partial charge >= 0.3 is 0 Å². The first-order valence-corrected chi connectivity index (χ1v) is 8.68. The maximum Gasteiger partial charge on any atom is 0.262 e. The van der Waals surface area contributed by atoms with Gasteiger partial charge in [-0.1, -0.05) is 18.2 Å². The molecule has 6 heteroatoms. The average Bonchev–Trinajstić information content (AvgIpc) is 2.61. The number of hydrogen-bond donors (Lipinski definition) is 2. The number of rotatable bonds is 7. The van der Waals surface area contributed by atoms with E-state index in [1.54, 1.807) is 30.3 Å². The van der Waals surface area contributed by atoms with E-state index in [0.717, 1.165) is 24.8 Å². The van der Waals surface area contributed by atoms with E-state index in [4.69, 9.17) is 5.26 Å². The molecule has 0 bridgehead atoms. The number of unbranched alkanes of at least 4 members (excludes halogenated alkanes) is 1. The van der Waals surface area contributed by atoms with Gasteiger partial charge in [0.15, 0.2) is 0 Å². The van der Waals surface area contributed by atoms with Crippen LogP contribution < -0.4 is 5.32 Å². The van der Waals surface area contributed by atoms with E-state index >= 15 is 0 Å². The van der Waals surface area contributed by atoms with Crippen molar-refractivity contribution in [1.82, 2.24) is 10.3 Å². The first-order chi connectivity index (χ1) is 12.1. The molecule has 0 aliphatic heterocycles. The van der Waals surface area contributed by atoms with E-state index < -0.39 is 5.91 Å². The van der Waals surface area contributed by atoms with Crippen molar-refractivity contribution in [3.63, 3.8) is 0 Å². The van der Waals surface area contributed by atoms with Crippen molar-refractivity contribution >= 4 is 27.9 Å². The number of benzene rings is 1. The summed E-state index contributed by atoms with van der Waals surface area (Å²) in [5, 5.41) is 21.2. The molecule has 2 aromatic rings. The largest absolute Gasteiger partial charge is 0.508 e. The number of phenols is 1. The molecule has 25 heavy (non-hydrogen) atoms. The van der Waals surface area contributed by atoms with E-state index in [2.05, 4.69) is 26.2 Å². The predicted molar refractivity (Wildman–Crippen MR) is 99.6 cm³/mol. The Kier molecular flexibility index (Phi) is 7.17. The molecule has 1 amide bonds. The highest BCUT2D eigenvalue weighted by molar-refractivity contribution is 9.10. The summed E-state index contributed by atoms with van der Waals surface area (Å²) in [5.41, 5.74) is 1.72.